The maximum Gasteiger partial charge on any atom is 0.258 e. The first-order valence-electron chi connectivity index (χ1n) is 13.7. The van der Waals surface area contributed by atoms with Crippen molar-refractivity contribution in [3.05, 3.63) is 48.2 Å². The summed E-state index contributed by atoms with van der Waals surface area (Å²) in [6.07, 6.45) is 4.66. The summed E-state index contributed by atoms with van der Waals surface area (Å²) in [6.45, 7) is 6.38. The maximum absolute atomic E-state index is 17.5. The van der Waals surface area contributed by atoms with Crippen LogP contribution in [0.25, 0.3) is 0 Å². The smallest absolute Gasteiger partial charge is 0.258 e. The number of allylic oxidation sites excluding steroid dienone is 4. The SMILES string of the molecule is CC1(C)O[C@@H]2CC3C4CCC5=CC(=O)C=CC5(C)[C@@]4(F)[C@@H](O)CC3(C)[C@]2(C(=O)CNS(=O)(=O)c2ccccn2)O1. The number of sulfonamides is 1. The highest BCUT2D eigenvalue weighted by Crippen LogP contribution is 2.72. The zero-order chi connectivity index (χ0) is 28.9. The fourth-order valence-electron chi connectivity index (χ4n) is 8.68. The summed E-state index contributed by atoms with van der Waals surface area (Å²) in [5.74, 6) is -2.91. The van der Waals surface area contributed by atoms with E-state index in [0.29, 0.717) is 24.8 Å². The van der Waals surface area contributed by atoms with Gasteiger partial charge >= 0.3 is 0 Å². The Kier molecular flexibility index (Phi) is 5.99. The van der Waals surface area contributed by atoms with Crippen molar-refractivity contribution in [2.75, 3.05) is 6.54 Å². The topological polar surface area (TPSA) is 132 Å². The lowest BCUT2D eigenvalue weighted by atomic mass is 9.44. The first kappa shape index (κ1) is 27.8. The van der Waals surface area contributed by atoms with Gasteiger partial charge in [-0.3, -0.25) is 9.59 Å². The number of nitrogens with zero attached hydrogens (tertiary/aromatic N) is 1. The summed E-state index contributed by atoms with van der Waals surface area (Å²) >= 11 is 0. The van der Waals surface area contributed by atoms with Crippen LogP contribution in [0.5, 0.6) is 0 Å². The van der Waals surface area contributed by atoms with Crippen LogP contribution >= 0.6 is 0 Å². The molecule has 1 aromatic heterocycles. The zero-order valence-electron chi connectivity index (χ0n) is 23.0. The van der Waals surface area contributed by atoms with Crippen molar-refractivity contribution in [2.45, 2.75) is 87.7 Å². The lowest BCUT2D eigenvalue weighted by molar-refractivity contribution is -0.245. The second-order valence-corrected chi connectivity index (χ2v) is 14.5. The van der Waals surface area contributed by atoms with Gasteiger partial charge in [-0.25, -0.2) is 22.5 Å². The maximum atomic E-state index is 17.5. The van der Waals surface area contributed by atoms with E-state index in [0.717, 1.165) is 0 Å². The van der Waals surface area contributed by atoms with Gasteiger partial charge in [-0.05, 0) is 76.7 Å². The van der Waals surface area contributed by atoms with Gasteiger partial charge in [0.2, 0.25) is 0 Å². The minimum absolute atomic E-state index is 0.0933. The summed E-state index contributed by atoms with van der Waals surface area (Å²) in [7, 11) is -4.09. The number of alkyl halides is 1. The molecule has 11 heteroatoms. The van der Waals surface area contributed by atoms with Crippen LogP contribution in [0.4, 0.5) is 4.39 Å². The van der Waals surface area contributed by atoms with E-state index in [2.05, 4.69) is 9.71 Å². The molecule has 8 atom stereocenters. The molecule has 5 aliphatic rings. The molecule has 2 N–H and O–H groups in total. The van der Waals surface area contributed by atoms with E-state index >= 15 is 4.39 Å². The third-order valence-corrected chi connectivity index (χ3v) is 11.7. The molecule has 216 valence electrons. The highest BCUT2D eigenvalue weighted by molar-refractivity contribution is 7.89. The molecule has 9 nitrogen and oxygen atoms in total. The van der Waals surface area contributed by atoms with E-state index < -0.39 is 74.3 Å². The third-order valence-electron chi connectivity index (χ3n) is 10.4. The van der Waals surface area contributed by atoms with Crippen LogP contribution in [0.2, 0.25) is 0 Å². The van der Waals surface area contributed by atoms with Crippen LogP contribution in [0.3, 0.4) is 0 Å². The largest absolute Gasteiger partial charge is 0.390 e. The molecule has 0 spiro atoms. The molecular weight excluding hydrogens is 539 g/mol. The molecule has 3 saturated carbocycles. The van der Waals surface area contributed by atoms with Crippen molar-refractivity contribution >= 4 is 21.6 Å². The summed E-state index contributed by atoms with van der Waals surface area (Å²) in [5.41, 5.74) is -5.23. The average Bonchev–Trinajstić information content (AvgIpc) is 3.30. The van der Waals surface area contributed by atoms with Gasteiger partial charge in [-0.2, -0.15) is 0 Å². The van der Waals surface area contributed by atoms with Gasteiger partial charge in [0, 0.05) is 22.9 Å². The lowest BCUT2D eigenvalue weighted by Gasteiger charge is -2.62. The number of ether oxygens (including phenoxy) is 2. The van der Waals surface area contributed by atoms with Gasteiger partial charge in [0.15, 0.2) is 33.6 Å². The van der Waals surface area contributed by atoms with E-state index in [1.54, 1.807) is 32.9 Å². The first-order valence-corrected chi connectivity index (χ1v) is 15.2. The zero-order valence-corrected chi connectivity index (χ0v) is 23.8. The normalized spacial score (nSPS) is 43.4. The summed E-state index contributed by atoms with van der Waals surface area (Å²) in [4.78, 5) is 30.1. The number of carbonyl (C=O) groups is 2. The third kappa shape index (κ3) is 3.51. The van der Waals surface area contributed by atoms with Crippen LogP contribution in [-0.2, 0) is 29.1 Å². The molecule has 40 heavy (non-hydrogen) atoms. The van der Waals surface area contributed by atoms with Crippen LogP contribution in [0, 0.1) is 22.7 Å². The number of Topliss-reactive ketones (excluding diaryl/α,β-unsaturated/α-hetero) is 1. The van der Waals surface area contributed by atoms with E-state index in [-0.39, 0.29) is 17.2 Å². The van der Waals surface area contributed by atoms with E-state index in [4.69, 9.17) is 9.47 Å². The van der Waals surface area contributed by atoms with Crippen molar-refractivity contribution in [2.24, 2.45) is 22.7 Å². The van der Waals surface area contributed by atoms with E-state index in [9.17, 15) is 23.1 Å². The predicted molar refractivity (Wildman–Crippen MR) is 141 cm³/mol. The highest BCUT2D eigenvalue weighted by Gasteiger charge is 2.80. The van der Waals surface area contributed by atoms with Crippen molar-refractivity contribution in [3.63, 3.8) is 0 Å². The van der Waals surface area contributed by atoms with Gasteiger partial charge in [0.1, 0.15) is 0 Å². The van der Waals surface area contributed by atoms with E-state index in [1.807, 2.05) is 6.92 Å². The Bertz CT molecular complexity index is 1450. The van der Waals surface area contributed by atoms with Gasteiger partial charge in [0.25, 0.3) is 10.0 Å². The molecule has 0 bridgehead atoms. The molecule has 0 aromatic carbocycles. The van der Waals surface area contributed by atoms with Crippen molar-refractivity contribution in [1.82, 2.24) is 9.71 Å². The van der Waals surface area contributed by atoms with Crippen molar-refractivity contribution in [3.8, 4) is 0 Å². The van der Waals surface area contributed by atoms with Gasteiger partial charge < -0.3 is 14.6 Å². The number of halogens is 1. The van der Waals surface area contributed by atoms with Crippen LogP contribution in [0.15, 0.2) is 53.2 Å². The monoisotopic (exact) mass is 574 g/mol. The van der Waals surface area contributed by atoms with E-state index in [1.165, 1.54) is 30.5 Å². The summed E-state index contributed by atoms with van der Waals surface area (Å²) < 4.78 is 58.3. The number of ketones is 2. The molecule has 4 fully saturated rings. The Morgan fingerprint density at radius 2 is 1.98 bits per heavy atom. The minimum atomic E-state index is -4.09. The number of nitrogens with one attached hydrogen (secondary N) is 1. The number of rotatable bonds is 5. The Morgan fingerprint density at radius 3 is 2.67 bits per heavy atom. The number of pyridine rings is 1. The Balaban J connectivity index is 1.38. The van der Waals surface area contributed by atoms with Crippen LogP contribution in [-0.4, -0.2) is 65.9 Å². The fourth-order valence-corrected chi connectivity index (χ4v) is 9.61. The number of aromatic nitrogens is 1. The Labute approximate surface area is 233 Å². The Morgan fingerprint density at radius 1 is 1.23 bits per heavy atom. The number of fused-ring (bicyclic) bond motifs is 7. The molecule has 0 radical (unpaired) electrons. The molecule has 1 aliphatic heterocycles. The van der Waals surface area contributed by atoms with Crippen LogP contribution < -0.4 is 4.72 Å². The quantitative estimate of drug-likeness (QED) is 0.549. The number of hydrogen-bond donors (Lipinski definition) is 2. The number of carbonyl (C=O) groups excluding carboxylic acids is 2. The molecule has 2 heterocycles. The van der Waals surface area contributed by atoms with Crippen molar-refractivity contribution in [1.29, 1.82) is 0 Å². The molecular formula is C29H35FN2O7S. The molecule has 4 aliphatic carbocycles. The van der Waals surface area contributed by atoms with Gasteiger partial charge in [-0.15, -0.1) is 0 Å². The second-order valence-electron chi connectivity index (χ2n) is 12.8. The van der Waals surface area contributed by atoms with Crippen LogP contribution in [0.1, 0.15) is 53.4 Å². The number of aliphatic hydroxyl groups is 1. The molecule has 6 rings (SSSR count). The van der Waals surface area contributed by atoms with Gasteiger partial charge in [-0.1, -0.05) is 24.6 Å². The summed E-state index contributed by atoms with van der Waals surface area (Å²) in [6, 6.07) is 4.45. The number of aliphatic hydroxyl groups excluding tert-OH is 1. The van der Waals surface area contributed by atoms with Gasteiger partial charge in [0.05, 0.1) is 18.8 Å². The fraction of sp³-hybridized carbons (Fsp3) is 0.621. The lowest BCUT2D eigenvalue weighted by Crippen LogP contribution is -2.70. The second kappa shape index (κ2) is 8.61. The predicted octanol–water partition coefficient (Wildman–Crippen LogP) is 2.80. The average molecular weight is 575 g/mol. The van der Waals surface area contributed by atoms with Crippen molar-refractivity contribution < 1.29 is 37.0 Å². The summed E-state index contributed by atoms with van der Waals surface area (Å²) in [5, 5.41) is 11.4. The molecule has 4 unspecified atom stereocenters. The number of hydrogen-bond acceptors (Lipinski definition) is 8. The molecule has 1 saturated heterocycles. The highest BCUT2D eigenvalue weighted by atomic mass is 32.2. The Hall–Kier alpha value is -2.31. The standard InChI is InChI=1S/C29H35FN2O7S/c1-25(2)38-23-14-20-19-9-8-17-13-18(33)10-11-26(17,3)28(19,30)21(34)15-27(20,4)29(23,39-25)22(35)16-32-40(36,37)24-7-5-6-12-31-24/h5-7,10-13,19-21,23,32,34H,8-9,14-16H2,1-4H3/t19?,20?,21-,23+,26?,27?,28-,29+/m0/s1. The first-order chi connectivity index (χ1) is 18.6. The minimum Gasteiger partial charge on any atom is -0.390 e. The molecule has 0 amide bonds. The molecule has 1 aromatic rings.